The lowest BCUT2D eigenvalue weighted by molar-refractivity contribution is 0.236. The van der Waals surface area contributed by atoms with E-state index in [0.29, 0.717) is 22.5 Å². The van der Waals surface area contributed by atoms with E-state index in [-0.39, 0.29) is 40.1 Å². The van der Waals surface area contributed by atoms with Crippen molar-refractivity contribution in [2.45, 2.75) is 46.1 Å². The average Bonchev–Trinajstić information content (AvgIpc) is 2.63. The predicted octanol–water partition coefficient (Wildman–Crippen LogP) is 4.48. The topological polar surface area (TPSA) is 69.7 Å². The summed E-state index contributed by atoms with van der Waals surface area (Å²) in [6.07, 6.45) is 5.52. The molecule has 0 amide bonds. The highest BCUT2D eigenvalue weighted by Crippen LogP contribution is 2.42. The van der Waals surface area contributed by atoms with E-state index in [0.717, 1.165) is 12.8 Å². The van der Waals surface area contributed by atoms with Crippen molar-refractivity contribution < 1.29 is 18.0 Å². The number of ether oxygens (including phenoxy) is 1. The summed E-state index contributed by atoms with van der Waals surface area (Å²) < 4.78 is 31.7. The summed E-state index contributed by atoms with van der Waals surface area (Å²) in [5.41, 5.74) is -0.394. The Balaban J connectivity index is 2.26. The number of hydrogen-bond donors (Lipinski definition) is 0. The summed E-state index contributed by atoms with van der Waals surface area (Å²) in [4.78, 5) is 24.7. The molecule has 27 heavy (non-hydrogen) atoms. The minimum absolute atomic E-state index is 0.0197. The molecule has 4 rings (SSSR count). The minimum Gasteiger partial charge on any atom is -0.485 e. The minimum atomic E-state index is -1.10. The van der Waals surface area contributed by atoms with Crippen LogP contribution >= 0.6 is 0 Å². The molecule has 3 aromatic rings. The van der Waals surface area contributed by atoms with Crippen molar-refractivity contribution in [2.24, 2.45) is 0 Å². The molecule has 6 heteroatoms. The zero-order chi connectivity index (χ0) is 19.3. The van der Waals surface area contributed by atoms with Crippen molar-refractivity contribution >= 4 is 28.0 Å². The van der Waals surface area contributed by atoms with Gasteiger partial charge in [0.15, 0.2) is 16.6 Å². The first-order valence-corrected chi connectivity index (χ1v) is 9.06. The molecule has 0 bridgehead atoms. The van der Waals surface area contributed by atoms with Gasteiger partial charge in [-0.05, 0) is 31.9 Å². The van der Waals surface area contributed by atoms with Gasteiger partial charge in [0.05, 0.1) is 10.9 Å². The molecule has 0 spiro atoms. The van der Waals surface area contributed by atoms with Gasteiger partial charge in [-0.3, -0.25) is 4.79 Å². The van der Waals surface area contributed by atoms with E-state index >= 15 is 0 Å². The van der Waals surface area contributed by atoms with Crippen molar-refractivity contribution in [1.29, 1.82) is 0 Å². The molecule has 1 atom stereocenters. The van der Waals surface area contributed by atoms with Crippen LogP contribution in [0.15, 0.2) is 30.6 Å². The first kappa shape index (κ1) is 17.5. The smallest absolute Gasteiger partial charge is 0.372 e. The zero-order valence-electron chi connectivity index (χ0n) is 15.3. The van der Waals surface area contributed by atoms with E-state index in [1.807, 2.05) is 19.1 Å². The molecule has 1 unspecified atom stereocenters. The van der Waals surface area contributed by atoms with Crippen molar-refractivity contribution in [3.8, 4) is 5.75 Å². The molecule has 1 aromatic carbocycles. The van der Waals surface area contributed by atoms with E-state index in [4.69, 9.17) is 13.6 Å². The largest absolute Gasteiger partial charge is 0.485 e. The van der Waals surface area contributed by atoms with Crippen LogP contribution in [0.25, 0.3) is 28.0 Å². The Morgan fingerprint density at radius 1 is 1.11 bits per heavy atom. The molecule has 1 aliphatic rings. The van der Waals surface area contributed by atoms with Crippen LogP contribution in [-0.2, 0) is 6.42 Å². The second-order valence-corrected chi connectivity index (χ2v) is 6.71. The highest BCUT2D eigenvalue weighted by atomic mass is 19.1. The van der Waals surface area contributed by atoms with E-state index in [2.05, 4.69) is 0 Å². The second-order valence-electron chi connectivity index (χ2n) is 6.71. The molecular weight excluding hydrogens is 351 g/mol. The lowest BCUT2D eigenvalue weighted by Gasteiger charge is -2.24. The summed E-state index contributed by atoms with van der Waals surface area (Å²) in [6, 6.07) is 1.33. The maximum Gasteiger partial charge on any atom is 0.372 e. The monoisotopic (exact) mass is 370 g/mol. The number of aryl methyl sites for hydroxylation is 2. The van der Waals surface area contributed by atoms with Gasteiger partial charge in [-0.2, -0.15) is 4.39 Å². The van der Waals surface area contributed by atoms with Gasteiger partial charge in [0, 0.05) is 11.6 Å². The van der Waals surface area contributed by atoms with Crippen molar-refractivity contribution in [2.75, 3.05) is 0 Å². The van der Waals surface area contributed by atoms with Gasteiger partial charge < -0.3 is 13.6 Å². The molecule has 2 aromatic heterocycles. The van der Waals surface area contributed by atoms with Gasteiger partial charge >= 0.3 is 5.63 Å². The van der Waals surface area contributed by atoms with Gasteiger partial charge in [0.25, 0.3) is 0 Å². The summed E-state index contributed by atoms with van der Waals surface area (Å²) in [5.74, 6) is -0.127. The Labute approximate surface area is 154 Å². The van der Waals surface area contributed by atoms with E-state index < -0.39 is 11.4 Å². The highest BCUT2D eigenvalue weighted by molar-refractivity contribution is 6.10. The van der Waals surface area contributed by atoms with Gasteiger partial charge in [-0.15, -0.1) is 0 Å². The summed E-state index contributed by atoms with van der Waals surface area (Å²) in [5, 5.41) is 0.460. The van der Waals surface area contributed by atoms with E-state index in [9.17, 15) is 14.0 Å². The van der Waals surface area contributed by atoms with Crippen LogP contribution in [-0.4, -0.2) is 6.10 Å². The molecule has 0 saturated carbocycles. The molecule has 0 radical (unpaired) electrons. The SMILES string of the molecule is CCCC1C=Cc2c(c3c(CC)c(F)c(=O)oc3c3c(=O)cc(C)oc23)O1. The Morgan fingerprint density at radius 2 is 1.89 bits per heavy atom. The molecule has 140 valence electrons. The standard InChI is InChI=1S/C21H19FO5/c1-4-6-11-7-8-13-18(26-11)15-12(5-2)17(22)21(24)27-20(15)16-14(23)9-10(3)25-19(13)16/h7-9,11H,4-6H2,1-3H3. The summed E-state index contributed by atoms with van der Waals surface area (Å²) in [6.45, 7) is 5.46. The quantitative estimate of drug-likeness (QED) is 0.502. The molecule has 1 aliphatic heterocycles. The molecule has 0 aliphatic carbocycles. The van der Waals surface area contributed by atoms with Crippen LogP contribution in [0.5, 0.6) is 5.75 Å². The maximum atomic E-state index is 14.5. The number of halogens is 1. The molecule has 0 N–H and O–H groups in total. The van der Waals surface area contributed by atoms with E-state index in [1.165, 1.54) is 6.07 Å². The van der Waals surface area contributed by atoms with Crippen LogP contribution in [0.1, 0.15) is 43.6 Å². The summed E-state index contributed by atoms with van der Waals surface area (Å²) in [7, 11) is 0. The number of rotatable bonds is 3. The van der Waals surface area contributed by atoms with Crippen LogP contribution in [0.4, 0.5) is 4.39 Å². The van der Waals surface area contributed by atoms with Crippen molar-refractivity contribution in [3.63, 3.8) is 0 Å². The van der Waals surface area contributed by atoms with Crippen molar-refractivity contribution in [1.82, 2.24) is 0 Å². The Kier molecular flexibility index (Phi) is 4.13. The van der Waals surface area contributed by atoms with Gasteiger partial charge in [-0.25, -0.2) is 4.79 Å². The molecule has 3 heterocycles. The van der Waals surface area contributed by atoms with Gasteiger partial charge in [-0.1, -0.05) is 20.3 Å². The summed E-state index contributed by atoms with van der Waals surface area (Å²) >= 11 is 0. The van der Waals surface area contributed by atoms with Crippen molar-refractivity contribution in [3.05, 3.63) is 55.5 Å². The molecular formula is C21H19FO5. The van der Waals surface area contributed by atoms with Gasteiger partial charge in [0.2, 0.25) is 5.82 Å². The number of benzene rings is 1. The zero-order valence-corrected chi connectivity index (χ0v) is 15.3. The Bertz CT molecular complexity index is 1220. The Hall–Kier alpha value is -2.89. The third-order valence-electron chi connectivity index (χ3n) is 4.86. The molecule has 0 saturated heterocycles. The maximum absolute atomic E-state index is 14.5. The van der Waals surface area contributed by atoms with E-state index in [1.54, 1.807) is 13.8 Å². The lowest BCUT2D eigenvalue weighted by atomic mass is 9.96. The third-order valence-corrected chi connectivity index (χ3v) is 4.86. The fourth-order valence-electron chi connectivity index (χ4n) is 3.67. The highest BCUT2D eigenvalue weighted by Gasteiger charge is 2.28. The first-order valence-electron chi connectivity index (χ1n) is 9.06. The molecule has 0 fully saturated rings. The first-order chi connectivity index (χ1) is 13.0. The third kappa shape index (κ3) is 2.59. The fraction of sp³-hybridized carbons (Fsp3) is 0.333. The van der Waals surface area contributed by atoms with Crippen LogP contribution in [0.2, 0.25) is 0 Å². The van der Waals surface area contributed by atoms with Crippen LogP contribution in [0, 0.1) is 12.7 Å². The van der Waals surface area contributed by atoms with Crippen LogP contribution < -0.4 is 15.8 Å². The van der Waals surface area contributed by atoms with Gasteiger partial charge in [0.1, 0.15) is 23.0 Å². The Morgan fingerprint density at radius 3 is 2.59 bits per heavy atom. The number of hydrogen-bond acceptors (Lipinski definition) is 5. The second kappa shape index (κ2) is 6.37. The fourth-order valence-corrected chi connectivity index (χ4v) is 3.67. The normalized spacial score (nSPS) is 15.9. The van der Waals surface area contributed by atoms with Crippen LogP contribution in [0.3, 0.4) is 0 Å². The predicted molar refractivity (Wildman–Crippen MR) is 101 cm³/mol. The lowest BCUT2D eigenvalue weighted by Crippen LogP contribution is -2.19. The average molecular weight is 370 g/mol. The number of fused-ring (bicyclic) bond motifs is 6. The molecule has 5 nitrogen and oxygen atoms in total.